The van der Waals surface area contributed by atoms with E-state index in [0.29, 0.717) is 0 Å². The first kappa shape index (κ1) is 13.0. The first-order valence-corrected chi connectivity index (χ1v) is 8.64. The van der Waals surface area contributed by atoms with E-state index in [4.69, 9.17) is 0 Å². The summed E-state index contributed by atoms with van der Waals surface area (Å²) in [6.45, 7) is 0. The second kappa shape index (κ2) is 4.61. The topological polar surface area (TPSA) is 4.93 Å². The van der Waals surface area contributed by atoms with E-state index < -0.39 is 0 Å². The Morgan fingerprint density at radius 2 is 1.32 bits per heavy atom. The van der Waals surface area contributed by atoms with Crippen LogP contribution >= 0.6 is 0 Å². The highest BCUT2D eigenvalue weighted by Gasteiger charge is 2.19. The molecule has 0 aliphatic carbocycles. The van der Waals surface area contributed by atoms with Gasteiger partial charge in [0.15, 0.2) is 0 Å². The average Bonchev–Trinajstić information content (AvgIpc) is 2.93. The molecule has 0 amide bonds. The highest BCUT2D eigenvalue weighted by molar-refractivity contribution is 6.24. The van der Waals surface area contributed by atoms with Gasteiger partial charge in [0.25, 0.3) is 0 Å². The zero-order chi connectivity index (χ0) is 16.4. The molecule has 0 spiro atoms. The third kappa shape index (κ3) is 1.62. The fourth-order valence-corrected chi connectivity index (χ4v) is 4.26. The van der Waals surface area contributed by atoms with Gasteiger partial charge < -0.3 is 4.57 Å². The minimum absolute atomic E-state index is 1.25. The Morgan fingerprint density at radius 1 is 0.600 bits per heavy atom. The van der Waals surface area contributed by atoms with Gasteiger partial charge in [0.2, 0.25) is 0 Å². The molecule has 5 aromatic rings. The molecule has 1 heteroatoms. The van der Waals surface area contributed by atoms with E-state index in [1.807, 2.05) is 0 Å². The van der Waals surface area contributed by atoms with Gasteiger partial charge in [-0.15, -0.1) is 0 Å². The summed E-state index contributed by atoms with van der Waals surface area (Å²) in [5, 5.41) is 5.29. The fraction of sp³-hybridized carbons (Fsp3) is 0. The largest absolute Gasteiger partial charge is 0.308 e. The highest BCUT2D eigenvalue weighted by Crippen LogP contribution is 2.41. The molecule has 1 nitrogen and oxygen atoms in total. The molecule has 1 aliphatic rings. The second-order valence-corrected chi connectivity index (χ2v) is 6.66. The molecular formula is C24H15N. The summed E-state index contributed by atoms with van der Waals surface area (Å²) in [7, 11) is 0. The number of aromatic nitrogens is 1. The molecule has 25 heavy (non-hydrogen) atoms. The highest BCUT2D eigenvalue weighted by atomic mass is 15.0. The van der Waals surface area contributed by atoms with Crippen LogP contribution in [0.15, 0.2) is 78.9 Å². The smallest absolute Gasteiger partial charge is 0.0620 e. The van der Waals surface area contributed by atoms with Crippen molar-refractivity contribution in [3.05, 3.63) is 90.0 Å². The van der Waals surface area contributed by atoms with Crippen molar-refractivity contribution in [2.24, 2.45) is 0 Å². The molecule has 0 saturated carbocycles. The van der Waals surface area contributed by atoms with Crippen LogP contribution in [0.2, 0.25) is 0 Å². The van der Waals surface area contributed by atoms with Crippen molar-refractivity contribution in [3.8, 4) is 5.69 Å². The lowest BCUT2D eigenvalue weighted by Gasteiger charge is -2.11. The first-order chi connectivity index (χ1) is 12.4. The van der Waals surface area contributed by atoms with Crippen molar-refractivity contribution in [3.63, 3.8) is 0 Å². The molecule has 0 saturated heterocycles. The van der Waals surface area contributed by atoms with Gasteiger partial charge in [-0.2, -0.15) is 0 Å². The Morgan fingerprint density at radius 3 is 2.28 bits per heavy atom. The van der Waals surface area contributed by atoms with Gasteiger partial charge >= 0.3 is 0 Å². The molecule has 4 aromatic carbocycles. The van der Waals surface area contributed by atoms with E-state index in [-0.39, 0.29) is 0 Å². The van der Waals surface area contributed by atoms with Crippen LogP contribution in [0.3, 0.4) is 0 Å². The number of benzene rings is 4. The van der Waals surface area contributed by atoms with Gasteiger partial charge in [0.05, 0.1) is 16.7 Å². The summed E-state index contributed by atoms with van der Waals surface area (Å²) < 4.78 is 2.43. The Balaban J connectivity index is 2.00. The maximum atomic E-state index is 2.43. The second-order valence-electron chi connectivity index (χ2n) is 6.66. The summed E-state index contributed by atoms with van der Waals surface area (Å²) in [4.78, 5) is 0. The van der Waals surface area contributed by atoms with Crippen molar-refractivity contribution < 1.29 is 0 Å². The monoisotopic (exact) mass is 317 g/mol. The van der Waals surface area contributed by atoms with Crippen LogP contribution in [-0.4, -0.2) is 4.57 Å². The van der Waals surface area contributed by atoms with Crippen LogP contribution < -0.4 is 0 Å². The summed E-state index contributed by atoms with van der Waals surface area (Å²) in [6.07, 6.45) is 4.50. The molecule has 6 rings (SSSR count). The molecule has 0 bridgehead atoms. The van der Waals surface area contributed by atoms with E-state index in [0.717, 1.165) is 0 Å². The summed E-state index contributed by atoms with van der Waals surface area (Å²) in [5.74, 6) is 0. The van der Waals surface area contributed by atoms with E-state index in [2.05, 4.69) is 95.6 Å². The minimum Gasteiger partial charge on any atom is -0.308 e. The molecule has 2 heterocycles. The Labute approximate surface area is 145 Å². The number of hydrogen-bond donors (Lipinski definition) is 0. The average molecular weight is 317 g/mol. The Kier molecular flexibility index (Phi) is 2.40. The summed E-state index contributed by atoms with van der Waals surface area (Å²) in [5.41, 5.74) is 6.36. The number of nitrogens with zero attached hydrogens (tertiary/aromatic N) is 1. The molecule has 116 valence electrons. The predicted molar refractivity (Wildman–Crippen MR) is 107 cm³/mol. The molecule has 1 aromatic heterocycles. The molecule has 0 N–H and O–H groups in total. The van der Waals surface area contributed by atoms with Gasteiger partial charge in [0, 0.05) is 10.8 Å². The molecule has 0 unspecified atom stereocenters. The predicted octanol–water partition coefficient (Wildman–Crippen LogP) is 6.42. The van der Waals surface area contributed by atoms with E-state index in [9.17, 15) is 0 Å². The van der Waals surface area contributed by atoms with Crippen molar-refractivity contribution in [1.29, 1.82) is 0 Å². The zero-order valence-electron chi connectivity index (χ0n) is 13.6. The number of hydrogen-bond acceptors (Lipinski definition) is 0. The SMILES string of the molecule is C1=Cc2cc3ccccc3c3c4ccccc4n(c23)-c2ccccc21. The normalized spacial score (nSPS) is 12.6. The van der Waals surface area contributed by atoms with Crippen LogP contribution in [-0.2, 0) is 0 Å². The molecule has 0 radical (unpaired) electrons. The summed E-state index contributed by atoms with van der Waals surface area (Å²) in [6, 6.07) is 28.4. The number of fused-ring (bicyclic) bond motifs is 7. The lowest BCUT2D eigenvalue weighted by atomic mass is 10.00. The van der Waals surface area contributed by atoms with Crippen molar-refractivity contribution >= 4 is 44.7 Å². The van der Waals surface area contributed by atoms with Gasteiger partial charge in [-0.3, -0.25) is 0 Å². The summed E-state index contributed by atoms with van der Waals surface area (Å²) >= 11 is 0. The van der Waals surface area contributed by atoms with Crippen LogP contribution in [0.4, 0.5) is 0 Å². The quantitative estimate of drug-likeness (QED) is 0.304. The van der Waals surface area contributed by atoms with Crippen molar-refractivity contribution in [2.75, 3.05) is 0 Å². The fourth-order valence-electron chi connectivity index (χ4n) is 4.26. The molecule has 0 atom stereocenters. The van der Waals surface area contributed by atoms with Crippen LogP contribution in [0.25, 0.3) is 50.4 Å². The van der Waals surface area contributed by atoms with Gasteiger partial charge in [-0.25, -0.2) is 0 Å². The number of para-hydroxylation sites is 2. The van der Waals surface area contributed by atoms with Crippen molar-refractivity contribution in [1.82, 2.24) is 4.57 Å². The lowest BCUT2D eigenvalue weighted by molar-refractivity contribution is 1.18. The van der Waals surface area contributed by atoms with Crippen LogP contribution in [0.1, 0.15) is 11.1 Å². The molecule has 1 aliphatic heterocycles. The van der Waals surface area contributed by atoms with Crippen LogP contribution in [0, 0.1) is 0 Å². The Hall–Kier alpha value is -3.32. The molecular weight excluding hydrogens is 302 g/mol. The van der Waals surface area contributed by atoms with E-state index in [1.54, 1.807) is 0 Å². The minimum atomic E-state index is 1.25. The van der Waals surface area contributed by atoms with Gasteiger partial charge in [0.1, 0.15) is 0 Å². The third-order valence-electron chi connectivity index (χ3n) is 5.31. The van der Waals surface area contributed by atoms with E-state index >= 15 is 0 Å². The number of rotatable bonds is 0. The van der Waals surface area contributed by atoms with Gasteiger partial charge in [-0.05, 0) is 40.1 Å². The van der Waals surface area contributed by atoms with E-state index in [1.165, 1.54) is 49.4 Å². The van der Waals surface area contributed by atoms with Crippen molar-refractivity contribution in [2.45, 2.75) is 0 Å². The molecule has 0 fully saturated rings. The maximum Gasteiger partial charge on any atom is 0.0620 e. The third-order valence-corrected chi connectivity index (χ3v) is 5.31. The zero-order valence-corrected chi connectivity index (χ0v) is 13.6. The standard InChI is InChI=1S/C24H15N/c1-3-9-19-17(8-1)15-18-14-13-16-7-2-5-11-21(16)25-22-12-6-4-10-20(22)23(19)24(18)25/h1-15H. The Bertz CT molecular complexity index is 1330. The lowest BCUT2D eigenvalue weighted by Crippen LogP contribution is -1.96. The maximum absolute atomic E-state index is 2.43. The van der Waals surface area contributed by atoms with Crippen LogP contribution in [0.5, 0.6) is 0 Å². The first-order valence-electron chi connectivity index (χ1n) is 8.64. The van der Waals surface area contributed by atoms with Gasteiger partial charge in [-0.1, -0.05) is 72.8 Å².